The monoisotopic (exact) mass is 419 g/mol. The van der Waals surface area contributed by atoms with Gasteiger partial charge in [-0.3, -0.25) is 0 Å². The van der Waals surface area contributed by atoms with Crippen LogP contribution < -0.4 is 14.2 Å². The molecule has 0 amide bonds. The van der Waals surface area contributed by atoms with E-state index in [0.29, 0.717) is 30.3 Å². The Balaban J connectivity index is 1.79. The molecule has 0 unspecified atom stereocenters. The third kappa shape index (κ3) is 4.42. The highest BCUT2D eigenvalue weighted by molar-refractivity contribution is 7.89. The van der Waals surface area contributed by atoms with Gasteiger partial charge in [-0.15, -0.1) is 0 Å². The highest BCUT2D eigenvalue weighted by Gasteiger charge is 2.23. The maximum atomic E-state index is 12.7. The average molecular weight is 420 g/mol. The largest absolute Gasteiger partial charge is 0.486 e. The van der Waals surface area contributed by atoms with Crippen molar-refractivity contribution in [3.05, 3.63) is 47.0 Å². The van der Waals surface area contributed by atoms with Crippen LogP contribution >= 0.6 is 11.6 Å². The smallest absolute Gasteiger partial charge is 0.387 e. The van der Waals surface area contributed by atoms with Crippen LogP contribution in [0.15, 0.2) is 41.3 Å². The van der Waals surface area contributed by atoms with E-state index in [1.165, 1.54) is 13.1 Å². The van der Waals surface area contributed by atoms with E-state index in [-0.39, 0.29) is 22.2 Å². The third-order valence-electron chi connectivity index (χ3n) is 3.84. The Kier molecular flexibility index (Phi) is 5.73. The fourth-order valence-corrected chi connectivity index (χ4v) is 4.02. The number of benzene rings is 2. The lowest BCUT2D eigenvalue weighted by molar-refractivity contribution is -0.0498. The van der Waals surface area contributed by atoms with Crippen LogP contribution in [0.5, 0.6) is 17.2 Å². The zero-order valence-electron chi connectivity index (χ0n) is 14.2. The molecular weight excluding hydrogens is 404 g/mol. The van der Waals surface area contributed by atoms with Crippen LogP contribution in [0.1, 0.15) is 5.56 Å². The molecule has 0 saturated heterocycles. The van der Waals surface area contributed by atoms with Gasteiger partial charge >= 0.3 is 6.61 Å². The molecule has 0 atom stereocenters. The van der Waals surface area contributed by atoms with Crippen molar-refractivity contribution in [2.75, 3.05) is 20.3 Å². The Hall–Kier alpha value is -2.10. The Morgan fingerprint density at radius 2 is 1.85 bits per heavy atom. The molecule has 2 aromatic carbocycles. The van der Waals surface area contributed by atoms with Gasteiger partial charge < -0.3 is 14.2 Å². The number of alkyl halides is 2. The van der Waals surface area contributed by atoms with Gasteiger partial charge in [0, 0.05) is 13.6 Å². The minimum atomic E-state index is -3.89. The van der Waals surface area contributed by atoms with Gasteiger partial charge in [0.05, 0.1) is 9.92 Å². The number of sulfonamides is 1. The van der Waals surface area contributed by atoms with Crippen molar-refractivity contribution >= 4 is 21.6 Å². The predicted octanol–water partition coefficient (Wildman–Crippen LogP) is 3.53. The molecule has 0 aliphatic carbocycles. The maximum absolute atomic E-state index is 12.7. The van der Waals surface area contributed by atoms with Crippen molar-refractivity contribution in [2.45, 2.75) is 18.1 Å². The summed E-state index contributed by atoms with van der Waals surface area (Å²) >= 11 is 5.85. The molecule has 1 aliphatic heterocycles. The molecule has 0 N–H and O–H groups in total. The van der Waals surface area contributed by atoms with Gasteiger partial charge in [0.15, 0.2) is 11.5 Å². The molecule has 2 aromatic rings. The number of hydrogen-bond donors (Lipinski definition) is 0. The van der Waals surface area contributed by atoms with Crippen LogP contribution in [0, 0.1) is 0 Å². The molecule has 10 heteroatoms. The molecule has 0 bridgehead atoms. The standard InChI is InChI=1S/C17H16ClF2NO5S/c1-21(10-11-2-4-15-16(8-11)25-7-6-24-15)27(22,23)12-3-5-14(13(18)9-12)26-17(19)20/h2-5,8-9,17H,6-7,10H2,1H3. The quantitative estimate of drug-likeness (QED) is 0.716. The molecule has 146 valence electrons. The first-order chi connectivity index (χ1) is 12.8. The van der Waals surface area contributed by atoms with E-state index in [9.17, 15) is 17.2 Å². The lowest BCUT2D eigenvalue weighted by Gasteiger charge is -2.21. The van der Waals surface area contributed by atoms with Gasteiger partial charge in [0.2, 0.25) is 10.0 Å². The topological polar surface area (TPSA) is 65.1 Å². The molecule has 6 nitrogen and oxygen atoms in total. The molecule has 1 heterocycles. The van der Waals surface area contributed by atoms with Crippen LogP contribution in [0.25, 0.3) is 0 Å². The zero-order valence-corrected chi connectivity index (χ0v) is 15.8. The molecule has 27 heavy (non-hydrogen) atoms. The SMILES string of the molecule is CN(Cc1ccc2c(c1)OCCO2)S(=O)(=O)c1ccc(OC(F)F)c(Cl)c1. The second-order valence-electron chi connectivity index (χ2n) is 5.71. The lowest BCUT2D eigenvalue weighted by Crippen LogP contribution is -2.26. The van der Waals surface area contributed by atoms with Crippen molar-refractivity contribution in [1.29, 1.82) is 0 Å². The van der Waals surface area contributed by atoms with Crippen LogP contribution in [0.2, 0.25) is 5.02 Å². The molecule has 3 rings (SSSR count). The fourth-order valence-electron chi connectivity index (χ4n) is 2.54. The molecule has 1 aliphatic rings. The average Bonchev–Trinajstić information content (AvgIpc) is 2.62. The van der Waals surface area contributed by atoms with Gasteiger partial charge in [-0.1, -0.05) is 17.7 Å². The highest BCUT2D eigenvalue weighted by atomic mass is 35.5. The van der Waals surface area contributed by atoms with Crippen molar-refractivity contribution in [3.63, 3.8) is 0 Å². The van der Waals surface area contributed by atoms with Gasteiger partial charge in [0.1, 0.15) is 19.0 Å². The Labute approximate surface area is 160 Å². The van der Waals surface area contributed by atoms with E-state index >= 15 is 0 Å². The zero-order chi connectivity index (χ0) is 19.6. The summed E-state index contributed by atoms with van der Waals surface area (Å²) in [6, 6.07) is 8.52. The molecule has 0 saturated carbocycles. The molecule has 0 spiro atoms. The second-order valence-corrected chi connectivity index (χ2v) is 8.16. The summed E-state index contributed by atoms with van der Waals surface area (Å²) in [7, 11) is -2.49. The number of fused-ring (bicyclic) bond motifs is 1. The summed E-state index contributed by atoms with van der Waals surface area (Å²) in [6.45, 7) is -2.09. The number of hydrogen-bond acceptors (Lipinski definition) is 5. The first-order valence-corrected chi connectivity index (χ1v) is 9.68. The van der Waals surface area contributed by atoms with Crippen molar-refractivity contribution in [3.8, 4) is 17.2 Å². The molecule has 0 radical (unpaired) electrons. The molecule has 0 fully saturated rings. The van der Waals surface area contributed by atoms with E-state index < -0.39 is 16.6 Å². The van der Waals surface area contributed by atoms with E-state index in [0.717, 1.165) is 16.4 Å². The van der Waals surface area contributed by atoms with Crippen LogP contribution in [0.3, 0.4) is 0 Å². The Morgan fingerprint density at radius 1 is 1.15 bits per heavy atom. The van der Waals surface area contributed by atoms with Crippen LogP contribution in [-0.4, -0.2) is 39.6 Å². The van der Waals surface area contributed by atoms with Gasteiger partial charge in [-0.2, -0.15) is 13.1 Å². The fraction of sp³-hybridized carbons (Fsp3) is 0.294. The number of halogens is 3. The van der Waals surface area contributed by atoms with Gasteiger partial charge in [-0.25, -0.2) is 8.42 Å². The van der Waals surface area contributed by atoms with E-state index in [2.05, 4.69) is 4.74 Å². The predicted molar refractivity (Wildman–Crippen MR) is 94.2 cm³/mol. The Bertz CT molecular complexity index is 939. The minimum Gasteiger partial charge on any atom is -0.486 e. The van der Waals surface area contributed by atoms with Gasteiger partial charge in [0.25, 0.3) is 0 Å². The summed E-state index contributed by atoms with van der Waals surface area (Å²) in [5.41, 5.74) is 0.703. The number of ether oxygens (including phenoxy) is 3. The summed E-state index contributed by atoms with van der Waals surface area (Å²) in [4.78, 5) is -0.130. The van der Waals surface area contributed by atoms with Crippen molar-refractivity contribution < 1.29 is 31.4 Å². The van der Waals surface area contributed by atoms with Gasteiger partial charge in [-0.05, 0) is 35.9 Å². The summed E-state index contributed by atoms with van der Waals surface area (Å²) in [5, 5.41) is -0.218. The normalized spacial score (nSPS) is 13.9. The number of nitrogens with zero attached hydrogens (tertiary/aromatic N) is 1. The van der Waals surface area contributed by atoms with Crippen LogP contribution in [0.4, 0.5) is 8.78 Å². The van der Waals surface area contributed by atoms with E-state index in [4.69, 9.17) is 21.1 Å². The summed E-state index contributed by atoms with van der Waals surface area (Å²) < 4.78 is 66.3. The second kappa shape index (κ2) is 7.87. The minimum absolute atomic E-state index is 0.0753. The van der Waals surface area contributed by atoms with Crippen molar-refractivity contribution in [1.82, 2.24) is 4.31 Å². The first kappa shape index (κ1) is 19.7. The lowest BCUT2D eigenvalue weighted by atomic mass is 10.2. The van der Waals surface area contributed by atoms with Crippen LogP contribution in [-0.2, 0) is 16.6 Å². The summed E-state index contributed by atoms with van der Waals surface area (Å²) in [5.74, 6) is 0.873. The highest BCUT2D eigenvalue weighted by Crippen LogP contribution is 2.32. The van der Waals surface area contributed by atoms with Crippen molar-refractivity contribution in [2.24, 2.45) is 0 Å². The summed E-state index contributed by atoms with van der Waals surface area (Å²) in [6.07, 6.45) is 0. The Morgan fingerprint density at radius 3 is 2.52 bits per heavy atom. The third-order valence-corrected chi connectivity index (χ3v) is 5.93. The molecular formula is C17H16ClF2NO5S. The first-order valence-electron chi connectivity index (χ1n) is 7.86. The number of rotatable bonds is 6. The maximum Gasteiger partial charge on any atom is 0.387 e. The molecule has 0 aromatic heterocycles. The van der Waals surface area contributed by atoms with E-state index in [1.807, 2.05) is 0 Å². The van der Waals surface area contributed by atoms with E-state index in [1.54, 1.807) is 18.2 Å².